The molecule has 0 spiro atoms. The fourth-order valence-corrected chi connectivity index (χ4v) is 2.94. The van der Waals surface area contributed by atoms with Crippen molar-refractivity contribution in [2.75, 3.05) is 0 Å². The largest absolute Gasteiger partial charge is 0.455 e. The quantitative estimate of drug-likeness (QED) is 0.242. The van der Waals surface area contributed by atoms with Gasteiger partial charge in [-0.2, -0.15) is 0 Å². The van der Waals surface area contributed by atoms with Crippen molar-refractivity contribution < 1.29 is 10.0 Å². The second kappa shape index (κ2) is 16.6. The van der Waals surface area contributed by atoms with Crippen molar-refractivity contribution in [3.8, 4) is 0 Å². The third kappa shape index (κ3) is 18.1. The molecule has 0 bridgehead atoms. The van der Waals surface area contributed by atoms with Gasteiger partial charge in [-0.15, -0.1) is 0 Å². The average Bonchev–Trinajstić information content (AvgIpc) is 2.59. The lowest BCUT2D eigenvalue weighted by molar-refractivity contribution is 0.411. The molecule has 0 fully saturated rings. The van der Waals surface area contributed by atoms with Crippen molar-refractivity contribution >= 4 is 7.12 Å². The molecule has 0 atom stereocenters. The van der Waals surface area contributed by atoms with Crippen molar-refractivity contribution in [1.82, 2.24) is 0 Å². The summed E-state index contributed by atoms with van der Waals surface area (Å²) in [6, 6.07) is 0. The van der Waals surface area contributed by atoms with Gasteiger partial charge in [0.25, 0.3) is 0 Å². The molecule has 2 nitrogen and oxygen atoms in total. The summed E-state index contributed by atoms with van der Waals surface area (Å²) in [5.41, 5.74) is 7.06. The zero-order valence-corrected chi connectivity index (χ0v) is 19.2. The smallest absolute Gasteiger partial charge is 0.427 e. The summed E-state index contributed by atoms with van der Waals surface area (Å²) in [6.45, 7) is 13.1. The predicted molar refractivity (Wildman–Crippen MR) is 126 cm³/mol. The molecule has 0 aliphatic carbocycles. The molecule has 0 aliphatic heterocycles. The number of allylic oxidation sites excluding steroid dienone is 10. The Morgan fingerprint density at radius 1 is 0.536 bits per heavy atom. The first kappa shape index (κ1) is 26.7. The lowest BCUT2D eigenvalue weighted by atomic mass is 9.85. The van der Waals surface area contributed by atoms with E-state index in [-0.39, 0.29) is 0 Å². The van der Waals surface area contributed by atoms with Crippen LogP contribution in [0.4, 0.5) is 0 Å². The highest BCUT2D eigenvalue weighted by Crippen LogP contribution is 2.15. The van der Waals surface area contributed by atoms with Crippen molar-refractivity contribution in [1.29, 1.82) is 0 Å². The van der Waals surface area contributed by atoms with E-state index in [4.69, 9.17) is 10.0 Å². The minimum Gasteiger partial charge on any atom is -0.427 e. The molecule has 28 heavy (non-hydrogen) atoms. The Labute approximate surface area is 175 Å². The Morgan fingerprint density at radius 2 is 0.857 bits per heavy atom. The van der Waals surface area contributed by atoms with Crippen LogP contribution in [0.2, 0.25) is 6.32 Å². The lowest BCUT2D eigenvalue weighted by Crippen LogP contribution is -2.08. The SMILES string of the molecule is CC(C)=CCC/C(C)=C/CC/C(C)=C/CC/C(C)=C/CC/C(C)=C/CB(O)O. The normalized spacial score (nSPS) is 13.7. The zero-order valence-electron chi connectivity index (χ0n) is 19.2. The van der Waals surface area contributed by atoms with Gasteiger partial charge in [0.2, 0.25) is 0 Å². The molecule has 0 saturated carbocycles. The highest BCUT2D eigenvalue weighted by Gasteiger charge is 2.02. The minimum absolute atomic E-state index is 0.322. The molecule has 0 aromatic rings. The average molecular weight is 386 g/mol. The number of hydrogen-bond acceptors (Lipinski definition) is 2. The molecule has 0 saturated heterocycles. The highest BCUT2D eigenvalue weighted by molar-refractivity contribution is 6.41. The summed E-state index contributed by atoms with van der Waals surface area (Å²) < 4.78 is 0. The van der Waals surface area contributed by atoms with Gasteiger partial charge in [-0.3, -0.25) is 0 Å². The maximum Gasteiger partial charge on any atom is 0.455 e. The second-order valence-corrected chi connectivity index (χ2v) is 8.35. The standard InChI is InChI=1S/C25H43BO2/c1-21(2)11-7-12-22(3)13-8-14-23(4)15-9-16-24(5)17-10-18-25(6)19-20-26(27)28/h11,13,15,17,19,27-28H,7-10,12,14,16,18,20H2,1-6H3/b22-13+,23-15+,24-17+,25-19+. The van der Waals surface area contributed by atoms with E-state index in [0.717, 1.165) is 44.9 Å². The second-order valence-electron chi connectivity index (χ2n) is 8.35. The summed E-state index contributed by atoms with van der Waals surface area (Å²) in [4.78, 5) is 0. The molecule has 158 valence electrons. The van der Waals surface area contributed by atoms with Crippen LogP contribution >= 0.6 is 0 Å². The van der Waals surface area contributed by atoms with Gasteiger partial charge in [-0.1, -0.05) is 58.2 Å². The van der Waals surface area contributed by atoms with E-state index >= 15 is 0 Å². The molecule has 0 amide bonds. The van der Waals surface area contributed by atoms with Crippen LogP contribution in [-0.4, -0.2) is 17.2 Å². The van der Waals surface area contributed by atoms with Crippen LogP contribution in [0.3, 0.4) is 0 Å². The Bertz CT molecular complexity index is 573. The van der Waals surface area contributed by atoms with Gasteiger partial charge in [0.15, 0.2) is 0 Å². The van der Waals surface area contributed by atoms with Crippen LogP contribution in [-0.2, 0) is 0 Å². The molecule has 0 unspecified atom stereocenters. The summed E-state index contributed by atoms with van der Waals surface area (Å²) in [5, 5.41) is 17.8. The molecular weight excluding hydrogens is 343 g/mol. The van der Waals surface area contributed by atoms with Gasteiger partial charge in [0.1, 0.15) is 0 Å². The lowest BCUT2D eigenvalue weighted by Gasteiger charge is -2.03. The first-order chi connectivity index (χ1) is 13.2. The monoisotopic (exact) mass is 386 g/mol. The van der Waals surface area contributed by atoms with Gasteiger partial charge in [0, 0.05) is 6.32 Å². The van der Waals surface area contributed by atoms with Gasteiger partial charge in [-0.25, -0.2) is 0 Å². The third-order valence-corrected chi connectivity index (χ3v) is 4.86. The van der Waals surface area contributed by atoms with Crippen LogP contribution in [0.25, 0.3) is 0 Å². The van der Waals surface area contributed by atoms with Gasteiger partial charge < -0.3 is 10.0 Å². The molecule has 0 aromatic carbocycles. The molecule has 0 radical (unpaired) electrons. The van der Waals surface area contributed by atoms with E-state index < -0.39 is 7.12 Å². The van der Waals surface area contributed by atoms with E-state index in [9.17, 15) is 0 Å². The van der Waals surface area contributed by atoms with Crippen molar-refractivity contribution in [3.63, 3.8) is 0 Å². The van der Waals surface area contributed by atoms with Gasteiger partial charge >= 0.3 is 7.12 Å². The predicted octanol–water partition coefficient (Wildman–Crippen LogP) is 7.33. The van der Waals surface area contributed by atoms with Crippen LogP contribution < -0.4 is 0 Å². The topological polar surface area (TPSA) is 40.5 Å². The summed E-state index contributed by atoms with van der Waals surface area (Å²) in [5.74, 6) is 0. The molecule has 0 heterocycles. The van der Waals surface area contributed by atoms with Gasteiger partial charge in [-0.05, 0) is 92.9 Å². The van der Waals surface area contributed by atoms with Crippen LogP contribution in [0.15, 0.2) is 58.2 Å². The molecule has 0 rings (SSSR count). The Morgan fingerprint density at radius 3 is 1.18 bits per heavy atom. The number of hydrogen-bond donors (Lipinski definition) is 2. The highest BCUT2D eigenvalue weighted by atomic mass is 16.4. The van der Waals surface area contributed by atoms with Crippen LogP contribution in [0.1, 0.15) is 92.9 Å². The summed E-state index contributed by atoms with van der Waals surface area (Å²) in [7, 11) is -1.23. The van der Waals surface area contributed by atoms with Crippen LogP contribution in [0, 0.1) is 0 Å². The van der Waals surface area contributed by atoms with E-state index in [0.29, 0.717) is 6.32 Å². The maximum atomic E-state index is 8.88. The molecule has 3 heteroatoms. The summed E-state index contributed by atoms with van der Waals surface area (Å²) in [6.07, 6.45) is 20.5. The first-order valence-corrected chi connectivity index (χ1v) is 10.8. The number of rotatable bonds is 14. The zero-order chi connectivity index (χ0) is 21.4. The minimum atomic E-state index is -1.23. The molecule has 0 aromatic heterocycles. The molecule has 0 aliphatic rings. The third-order valence-electron chi connectivity index (χ3n) is 4.86. The van der Waals surface area contributed by atoms with Crippen LogP contribution in [0.5, 0.6) is 0 Å². The Kier molecular flexibility index (Phi) is 15.8. The van der Waals surface area contributed by atoms with E-state index in [1.807, 2.05) is 6.08 Å². The van der Waals surface area contributed by atoms with Gasteiger partial charge in [0.05, 0.1) is 0 Å². The molecule has 2 N–H and O–H groups in total. The Hall–Kier alpha value is -1.32. The van der Waals surface area contributed by atoms with E-state index in [1.165, 1.54) is 34.3 Å². The Balaban J connectivity index is 4.06. The van der Waals surface area contributed by atoms with E-state index in [1.54, 1.807) is 0 Å². The summed E-state index contributed by atoms with van der Waals surface area (Å²) >= 11 is 0. The van der Waals surface area contributed by atoms with Crippen molar-refractivity contribution in [2.45, 2.75) is 99.2 Å². The first-order valence-electron chi connectivity index (χ1n) is 10.8. The van der Waals surface area contributed by atoms with E-state index in [2.05, 4.69) is 65.8 Å². The van der Waals surface area contributed by atoms with Crippen molar-refractivity contribution in [2.24, 2.45) is 0 Å². The fourth-order valence-electron chi connectivity index (χ4n) is 2.94. The maximum absolute atomic E-state index is 8.88. The van der Waals surface area contributed by atoms with Crippen molar-refractivity contribution in [3.05, 3.63) is 58.2 Å². The fraction of sp³-hybridized carbons (Fsp3) is 0.600. The molecular formula is C25H43BO2.